The molecule has 1 fully saturated rings. The first-order valence-corrected chi connectivity index (χ1v) is 10.5. The summed E-state index contributed by atoms with van der Waals surface area (Å²) in [4.78, 5) is 27.8. The van der Waals surface area contributed by atoms with E-state index in [9.17, 15) is 14.7 Å². The minimum atomic E-state index is -0.902. The smallest absolute Gasteiger partial charge is 0.300 e. The van der Waals surface area contributed by atoms with Crippen LogP contribution in [0.15, 0.2) is 64.6 Å². The van der Waals surface area contributed by atoms with E-state index in [0.717, 1.165) is 11.1 Å². The second-order valence-electron chi connectivity index (χ2n) is 7.87. The van der Waals surface area contributed by atoms with Crippen LogP contribution in [0.2, 0.25) is 0 Å². The van der Waals surface area contributed by atoms with Gasteiger partial charge < -0.3 is 14.3 Å². The number of aliphatic hydroxyl groups is 1. The van der Waals surface area contributed by atoms with Gasteiger partial charge in [-0.05, 0) is 63.6 Å². The lowest BCUT2D eigenvalue weighted by Crippen LogP contribution is -2.29. The van der Waals surface area contributed by atoms with Crippen LogP contribution >= 0.6 is 0 Å². The Hall–Kier alpha value is -3.80. The van der Waals surface area contributed by atoms with Crippen molar-refractivity contribution in [1.29, 1.82) is 0 Å². The predicted molar refractivity (Wildman–Crippen MR) is 122 cm³/mol. The number of anilines is 1. The van der Waals surface area contributed by atoms with Gasteiger partial charge >= 0.3 is 0 Å². The maximum Gasteiger partial charge on any atom is 0.300 e. The molecule has 2 heterocycles. The minimum absolute atomic E-state index is 0.000127. The number of aryl methyl sites for hydroxylation is 3. The van der Waals surface area contributed by atoms with E-state index in [0.29, 0.717) is 35.1 Å². The standard InChI is InChI=1S/C26H25NO5/c1-5-31-19-8-6-7-18(14-19)27-23(21-12-11-17(4)32-21)22(25(29)26(27)30)24(28)20-13-15(2)9-10-16(20)3/h6-14,23,28H,5H2,1-4H3/b24-22-. The summed E-state index contributed by atoms with van der Waals surface area (Å²) in [7, 11) is 0. The van der Waals surface area contributed by atoms with Crippen LogP contribution in [0.1, 0.15) is 41.2 Å². The average molecular weight is 431 g/mol. The minimum Gasteiger partial charge on any atom is -0.507 e. The number of hydrogen-bond acceptors (Lipinski definition) is 5. The van der Waals surface area contributed by atoms with Crippen molar-refractivity contribution < 1.29 is 23.8 Å². The highest BCUT2D eigenvalue weighted by molar-refractivity contribution is 6.51. The second kappa shape index (κ2) is 8.38. The molecule has 6 nitrogen and oxygen atoms in total. The molecule has 1 aromatic heterocycles. The van der Waals surface area contributed by atoms with Gasteiger partial charge in [0.05, 0.1) is 12.2 Å². The van der Waals surface area contributed by atoms with Crippen molar-refractivity contribution in [2.45, 2.75) is 33.7 Å². The molecule has 0 radical (unpaired) electrons. The molecule has 0 spiro atoms. The summed E-state index contributed by atoms with van der Waals surface area (Å²) in [5, 5.41) is 11.3. The number of amides is 1. The fourth-order valence-corrected chi connectivity index (χ4v) is 3.99. The number of benzene rings is 2. The van der Waals surface area contributed by atoms with E-state index in [1.165, 1.54) is 4.90 Å². The number of aliphatic hydroxyl groups excluding tert-OH is 1. The molecule has 2 aromatic carbocycles. The van der Waals surface area contributed by atoms with E-state index in [2.05, 4.69) is 0 Å². The van der Waals surface area contributed by atoms with Crippen LogP contribution < -0.4 is 9.64 Å². The lowest BCUT2D eigenvalue weighted by molar-refractivity contribution is -0.132. The van der Waals surface area contributed by atoms with Gasteiger partial charge in [-0.2, -0.15) is 0 Å². The molecule has 4 rings (SSSR count). The highest BCUT2D eigenvalue weighted by atomic mass is 16.5. The summed E-state index contributed by atoms with van der Waals surface area (Å²) in [6, 6.07) is 15.2. The number of nitrogens with zero attached hydrogens (tertiary/aromatic N) is 1. The molecule has 1 N–H and O–H groups in total. The second-order valence-corrected chi connectivity index (χ2v) is 7.87. The topological polar surface area (TPSA) is 80.0 Å². The molecule has 1 aliphatic rings. The van der Waals surface area contributed by atoms with Gasteiger partial charge in [-0.15, -0.1) is 0 Å². The molecule has 32 heavy (non-hydrogen) atoms. The van der Waals surface area contributed by atoms with Gasteiger partial charge in [0.1, 0.15) is 29.1 Å². The van der Waals surface area contributed by atoms with Crippen LogP contribution in [0.25, 0.3) is 5.76 Å². The third kappa shape index (κ3) is 3.68. The highest BCUT2D eigenvalue weighted by Gasteiger charge is 2.48. The molecule has 164 valence electrons. The highest BCUT2D eigenvalue weighted by Crippen LogP contribution is 2.43. The molecule has 1 saturated heterocycles. The van der Waals surface area contributed by atoms with Gasteiger partial charge in [0, 0.05) is 17.3 Å². The normalized spacial score (nSPS) is 17.8. The van der Waals surface area contributed by atoms with Crippen LogP contribution in [-0.2, 0) is 9.59 Å². The molecular weight excluding hydrogens is 406 g/mol. The van der Waals surface area contributed by atoms with E-state index in [-0.39, 0.29) is 11.3 Å². The van der Waals surface area contributed by atoms with Crippen LogP contribution in [0.5, 0.6) is 5.75 Å². The van der Waals surface area contributed by atoms with Gasteiger partial charge in [-0.1, -0.05) is 23.8 Å². The van der Waals surface area contributed by atoms with E-state index in [4.69, 9.17) is 9.15 Å². The fourth-order valence-electron chi connectivity index (χ4n) is 3.99. The largest absolute Gasteiger partial charge is 0.507 e. The van der Waals surface area contributed by atoms with Gasteiger partial charge in [-0.3, -0.25) is 14.5 Å². The zero-order chi connectivity index (χ0) is 23.0. The summed E-state index contributed by atoms with van der Waals surface area (Å²) in [5.41, 5.74) is 2.73. The van der Waals surface area contributed by atoms with Crippen molar-refractivity contribution >= 4 is 23.1 Å². The van der Waals surface area contributed by atoms with Crippen molar-refractivity contribution in [2.24, 2.45) is 0 Å². The van der Waals surface area contributed by atoms with Crippen LogP contribution in [-0.4, -0.2) is 23.4 Å². The van der Waals surface area contributed by atoms with Crippen molar-refractivity contribution in [1.82, 2.24) is 0 Å². The molecular formula is C26H25NO5. The van der Waals surface area contributed by atoms with Crippen molar-refractivity contribution in [3.8, 4) is 5.75 Å². The maximum atomic E-state index is 13.2. The van der Waals surface area contributed by atoms with Crippen molar-refractivity contribution in [2.75, 3.05) is 11.5 Å². The lowest BCUT2D eigenvalue weighted by Gasteiger charge is -2.24. The first kappa shape index (κ1) is 21.4. The number of carbonyl (C=O) groups excluding carboxylic acids is 2. The number of furan rings is 1. The Balaban J connectivity index is 1.94. The molecule has 1 unspecified atom stereocenters. The van der Waals surface area contributed by atoms with Crippen LogP contribution in [0.4, 0.5) is 5.69 Å². The van der Waals surface area contributed by atoms with E-state index in [1.54, 1.807) is 49.4 Å². The van der Waals surface area contributed by atoms with Gasteiger partial charge in [-0.25, -0.2) is 0 Å². The molecule has 1 atom stereocenters. The third-order valence-electron chi connectivity index (χ3n) is 5.53. The average Bonchev–Trinajstić information content (AvgIpc) is 3.31. The van der Waals surface area contributed by atoms with E-state index in [1.807, 2.05) is 32.9 Å². The van der Waals surface area contributed by atoms with Crippen LogP contribution in [0, 0.1) is 20.8 Å². The zero-order valence-corrected chi connectivity index (χ0v) is 18.5. The lowest BCUT2D eigenvalue weighted by atomic mass is 9.96. The fraction of sp³-hybridized carbons (Fsp3) is 0.231. The van der Waals surface area contributed by atoms with E-state index >= 15 is 0 Å². The zero-order valence-electron chi connectivity index (χ0n) is 18.5. The Kier molecular flexibility index (Phi) is 5.61. The molecule has 0 bridgehead atoms. The Morgan fingerprint density at radius 3 is 2.53 bits per heavy atom. The first-order valence-electron chi connectivity index (χ1n) is 10.5. The maximum absolute atomic E-state index is 13.2. The summed E-state index contributed by atoms with van der Waals surface area (Å²) in [5.74, 6) is -0.0903. The third-order valence-corrected chi connectivity index (χ3v) is 5.53. The monoisotopic (exact) mass is 431 g/mol. The molecule has 0 saturated carbocycles. The quantitative estimate of drug-likeness (QED) is 0.340. The van der Waals surface area contributed by atoms with Gasteiger partial charge in [0.15, 0.2) is 0 Å². The molecule has 3 aromatic rings. The van der Waals surface area contributed by atoms with E-state index < -0.39 is 17.7 Å². The Morgan fingerprint density at radius 1 is 1.06 bits per heavy atom. The number of carbonyl (C=O) groups is 2. The number of ether oxygens (including phenoxy) is 1. The predicted octanol–water partition coefficient (Wildman–Crippen LogP) is 5.23. The van der Waals surface area contributed by atoms with Gasteiger partial charge in [0.25, 0.3) is 11.7 Å². The summed E-state index contributed by atoms with van der Waals surface area (Å²) < 4.78 is 11.4. The Labute approximate surface area is 186 Å². The first-order chi connectivity index (χ1) is 15.3. The van der Waals surface area contributed by atoms with Crippen molar-refractivity contribution in [3.05, 3.63) is 88.4 Å². The number of hydrogen-bond donors (Lipinski definition) is 1. The molecule has 1 amide bonds. The number of Topliss-reactive ketones (excluding diaryl/α,β-unsaturated/α-hetero) is 1. The number of rotatable bonds is 5. The van der Waals surface area contributed by atoms with Gasteiger partial charge in [0.2, 0.25) is 0 Å². The van der Waals surface area contributed by atoms with Crippen LogP contribution in [0.3, 0.4) is 0 Å². The Morgan fingerprint density at radius 2 is 1.84 bits per heavy atom. The van der Waals surface area contributed by atoms with Crippen molar-refractivity contribution in [3.63, 3.8) is 0 Å². The summed E-state index contributed by atoms with van der Waals surface area (Å²) in [6.45, 7) is 7.88. The SMILES string of the molecule is CCOc1cccc(N2C(=O)C(=O)/C(=C(\O)c3cc(C)ccc3C)C2c2ccc(C)o2)c1. The summed E-state index contributed by atoms with van der Waals surface area (Å²) >= 11 is 0. The molecule has 0 aliphatic carbocycles. The summed E-state index contributed by atoms with van der Waals surface area (Å²) in [6.07, 6.45) is 0. The molecule has 1 aliphatic heterocycles. The molecule has 6 heteroatoms. The Bertz CT molecular complexity index is 1240. The number of ketones is 1.